The summed E-state index contributed by atoms with van der Waals surface area (Å²) in [5.41, 5.74) is 0. The van der Waals surface area contributed by atoms with Crippen molar-refractivity contribution in [1.29, 1.82) is 0 Å². The van der Waals surface area contributed by atoms with Gasteiger partial charge in [-0.3, -0.25) is 0 Å². The molecule has 0 aromatic heterocycles. The van der Waals surface area contributed by atoms with Crippen LogP contribution in [0.5, 0.6) is 0 Å². The molecule has 1 unspecified atom stereocenters. The van der Waals surface area contributed by atoms with Crippen molar-refractivity contribution in [3.05, 3.63) is 12.7 Å². The quantitative estimate of drug-likeness (QED) is 0.265. The van der Waals surface area contributed by atoms with E-state index in [4.69, 9.17) is 4.74 Å². The van der Waals surface area contributed by atoms with Crippen LogP contribution in [0.15, 0.2) is 12.7 Å². The summed E-state index contributed by atoms with van der Waals surface area (Å²) in [5, 5.41) is 2.45. The standard InChI is InChI=1S/C19H35NO4/c1-4-6-7-8-9-10-11-12-13-14-16-24-18(21)17(15-5-2)20-19(22)23-3/h5,17H,2,4,6-16H2,1,3H3,(H,20,22). The highest BCUT2D eigenvalue weighted by Crippen LogP contribution is 2.10. The zero-order valence-electron chi connectivity index (χ0n) is 15.5. The lowest BCUT2D eigenvalue weighted by Crippen LogP contribution is -2.41. The molecule has 0 aromatic rings. The first-order chi connectivity index (χ1) is 11.7. The molecular weight excluding hydrogens is 306 g/mol. The van der Waals surface area contributed by atoms with E-state index in [1.165, 1.54) is 58.5 Å². The number of alkyl carbamates (subject to hydrolysis) is 1. The Morgan fingerprint density at radius 3 is 2.04 bits per heavy atom. The van der Waals surface area contributed by atoms with Crippen LogP contribution in [0.2, 0.25) is 0 Å². The number of amides is 1. The zero-order chi connectivity index (χ0) is 18.0. The molecule has 1 atom stereocenters. The summed E-state index contributed by atoms with van der Waals surface area (Å²) in [6.07, 6.45) is 13.6. The number of unbranched alkanes of at least 4 members (excludes halogenated alkanes) is 9. The zero-order valence-corrected chi connectivity index (χ0v) is 15.5. The van der Waals surface area contributed by atoms with Crippen LogP contribution in [0.25, 0.3) is 0 Å². The van der Waals surface area contributed by atoms with Crippen LogP contribution < -0.4 is 5.32 Å². The number of nitrogens with one attached hydrogen (secondary N) is 1. The van der Waals surface area contributed by atoms with E-state index in [2.05, 4.69) is 23.6 Å². The fourth-order valence-electron chi connectivity index (χ4n) is 2.44. The molecule has 0 saturated carbocycles. The highest BCUT2D eigenvalue weighted by molar-refractivity contribution is 5.81. The summed E-state index contributed by atoms with van der Waals surface area (Å²) in [4.78, 5) is 23.1. The van der Waals surface area contributed by atoms with Crippen LogP contribution in [-0.4, -0.2) is 31.8 Å². The Labute approximate surface area is 147 Å². The molecule has 0 heterocycles. The molecule has 0 saturated heterocycles. The predicted octanol–water partition coefficient (Wildman–Crippen LogP) is 4.75. The van der Waals surface area contributed by atoms with Gasteiger partial charge in [0.25, 0.3) is 0 Å². The fourth-order valence-corrected chi connectivity index (χ4v) is 2.44. The van der Waals surface area contributed by atoms with E-state index < -0.39 is 18.1 Å². The third kappa shape index (κ3) is 13.0. The molecule has 140 valence electrons. The number of esters is 1. The van der Waals surface area contributed by atoms with Gasteiger partial charge in [-0.2, -0.15) is 0 Å². The Hall–Kier alpha value is -1.52. The number of hydrogen-bond acceptors (Lipinski definition) is 4. The van der Waals surface area contributed by atoms with Crippen LogP contribution in [-0.2, 0) is 14.3 Å². The van der Waals surface area contributed by atoms with Gasteiger partial charge in [0.05, 0.1) is 13.7 Å². The summed E-state index contributed by atoms with van der Waals surface area (Å²) < 4.78 is 9.71. The average Bonchev–Trinajstić information content (AvgIpc) is 2.58. The lowest BCUT2D eigenvalue weighted by atomic mass is 10.1. The number of methoxy groups -OCH3 is 1. The Balaban J connectivity index is 3.61. The third-order valence-corrected chi connectivity index (χ3v) is 3.91. The highest BCUT2D eigenvalue weighted by atomic mass is 16.5. The van der Waals surface area contributed by atoms with Gasteiger partial charge in [0, 0.05) is 0 Å². The number of ether oxygens (including phenoxy) is 2. The van der Waals surface area contributed by atoms with Crippen molar-refractivity contribution in [3.63, 3.8) is 0 Å². The smallest absolute Gasteiger partial charge is 0.407 e. The molecule has 1 N–H and O–H groups in total. The summed E-state index contributed by atoms with van der Waals surface area (Å²) >= 11 is 0. The monoisotopic (exact) mass is 341 g/mol. The average molecular weight is 341 g/mol. The van der Waals surface area contributed by atoms with Crippen LogP contribution in [0.4, 0.5) is 4.79 Å². The van der Waals surface area contributed by atoms with Crippen molar-refractivity contribution in [2.24, 2.45) is 0 Å². The minimum Gasteiger partial charge on any atom is -0.464 e. The first-order valence-electron chi connectivity index (χ1n) is 9.27. The van der Waals surface area contributed by atoms with Crippen LogP contribution >= 0.6 is 0 Å². The van der Waals surface area contributed by atoms with Crippen molar-refractivity contribution in [2.45, 2.75) is 83.6 Å². The fraction of sp³-hybridized carbons (Fsp3) is 0.789. The molecule has 1 amide bonds. The van der Waals surface area contributed by atoms with Gasteiger partial charge in [-0.15, -0.1) is 6.58 Å². The van der Waals surface area contributed by atoms with Crippen molar-refractivity contribution >= 4 is 12.1 Å². The van der Waals surface area contributed by atoms with Gasteiger partial charge in [-0.1, -0.05) is 70.8 Å². The second-order valence-corrected chi connectivity index (χ2v) is 6.06. The van der Waals surface area contributed by atoms with Crippen molar-refractivity contribution < 1.29 is 19.1 Å². The number of carbonyl (C=O) groups is 2. The van der Waals surface area contributed by atoms with E-state index in [0.717, 1.165) is 12.8 Å². The maximum atomic E-state index is 11.9. The van der Waals surface area contributed by atoms with E-state index in [-0.39, 0.29) is 0 Å². The minimum absolute atomic E-state index is 0.325. The van der Waals surface area contributed by atoms with Gasteiger partial charge < -0.3 is 14.8 Å². The third-order valence-electron chi connectivity index (χ3n) is 3.91. The molecule has 0 bridgehead atoms. The molecule has 5 nitrogen and oxygen atoms in total. The summed E-state index contributed by atoms with van der Waals surface area (Å²) in [6, 6.07) is -0.724. The molecular formula is C19H35NO4. The van der Waals surface area contributed by atoms with Gasteiger partial charge in [-0.05, 0) is 12.8 Å². The number of hydrogen-bond donors (Lipinski definition) is 1. The molecule has 0 aromatic carbocycles. The lowest BCUT2D eigenvalue weighted by Gasteiger charge is -2.15. The Morgan fingerprint density at radius 1 is 1.00 bits per heavy atom. The maximum absolute atomic E-state index is 11.9. The topological polar surface area (TPSA) is 64.6 Å². The molecule has 0 spiro atoms. The number of carbonyl (C=O) groups excluding carboxylic acids is 2. The van der Waals surface area contributed by atoms with Crippen molar-refractivity contribution in [2.75, 3.05) is 13.7 Å². The predicted molar refractivity (Wildman–Crippen MR) is 96.9 cm³/mol. The van der Waals surface area contributed by atoms with E-state index in [0.29, 0.717) is 13.0 Å². The molecule has 0 radical (unpaired) electrons. The second kappa shape index (κ2) is 16.3. The second-order valence-electron chi connectivity index (χ2n) is 6.06. The molecule has 5 heteroatoms. The molecule has 0 rings (SSSR count). The largest absolute Gasteiger partial charge is 0.464 e. The summed E-state index contributed by atoms with van der Waals surface area (Å²) in [7, 11) is 1.26. The molecule has 24 heavy (non-hydrogen) atoms. The van der Waals surface area contributed by atoms with E-state index in [1.807, 2.05) is 0 Å². The molecule has 0 aliphatic rings. The highest BCUT2D eigenvalue weighted by Gasteiger charge is 2.20. The summed E-state index contributed by atoms with van der Waals surface area (Å²) in [5.74, 6) is -0.434. The molecule has 0 aliphatic heterocycles. The molecule has 0 fully saturated rings. The van der Waals surface area contributed by atoms with Gasteiger partial charge >= 0.3 is 12.1 Å². The Kier molecular flexibility index (Phi) is 15.3. The first-order valence-corrected chi connectivity index (χ1v) is 9.27. The van der Waals surface area contributed by atoms with Crippen molar-refractivity contribution in [1.82, 2.24) is 5.32 Å². The Bertz CT molecular complexity index is 344. The van der Waals surface area contributed by atoms with E-state index in [1.54, 1.807) is 6.08 Å². The van der Waals surface area contributed by atoms with Crippen LogP contribution in [0.1, 0.15) is 77.6 Å². The van der Waals surface area contributed by atoms with Gasteiger partial charge in [0.2, 0.25) is 0 Å². The minimum atomic E-state index is -0.724. The van der Waals surface area contributed by atoms with Gasteiger partial charge in [-0.25, -0.2) is 9.59 Å². The van der Waals surface area contributed by atoms with Gasteiger partial charge in [0.1, 0.15) is 6.04 Å². The Morgan fingerprint density at radius 2 is 1.54 bits per heavy atom. The van der Waals surface area contributed by atoms with Crippen LogP contribution in [0, 0.1) is 0 Å². The van der Waals surface area contributed by atoms with E-state index >= 15 is 0 Å². The maximum Gasteiger partial charge on any atom is 0.407 e. The number of rotatable bonds is 15. The lowest BCUT2D eigenvalue weighted by molar-refractivity contribution is -0.146. The molecule has 0 aliphatic carbocycles. The van der Waals surface area contributed by atoms with Gasteiger partial charge in [0.15, 0.2) is 0 Å². The van der Waals surface area contributed by atoms with Crippen molar-refractivity contribution in [3.8, 4) is 0 Å². The first kappa shape index (κ1) is 22.5. The van der Waals surface area contributed by atoms with Crippen LogP contribution in [0.3, 0.4) is 0 Å². The summed E-state index contributed by atoms with van der Waals surface area (Å²) in [6.45, 7) is 6.21. The van der Waals surface area contributed by atoms with E-state index in [9.17, 15) is 9.59 Å². The normalized spacial score (nSPS) is 11.6. The SMILES string of the molecule is C=CCC(NC(=O)OC)C(=O)OCCCCCCCCCCCC.